The predicted octanol–water partition coefficient (Wildman–Crippen LogP) is 6.31. The van der Waals surface area contributed by atoms with Crippen molar-refractivity contribution >= 4 is 12.0 Å². The lowest BCUT2D eigenvalue weighted by atomic mass is 9.88. The minimum absolute atomic E-state index is 0.00334. The Bertz CT molecular complexity index is 1400. The second-order valence-corrected chi connectivity index (χ2v) is 11.3. The number of hydrogen-bond acceptors (Lipinski definition) is 7. The van der Waals surface area contributed by atoms with Crippen LogP contribution in [0.4, 0.5) is 13.6 Å². The summed E-state index contributed by atoms with van der Waals surface area (Å²) in [7, 11) is 1.54. The van der Waals surface area contributed by atoms with Gasteiger partial charge in [-0.1, -0.05) is 26.8 Å². The van der Waals surface area contributed by atoms with E-state index >= 15 is 0 Å². The minimum Gasteiger partial charge on any atom is -0.493 e. The lowest BCUT2D eigenvalue weighted by Crippen LogP contribution is -2.26. The molecule has 1 heterocycles. The number of methoxy groups -OCH3 is 1. The first kappa shape index (κ1) is 29.8. The highest BCUT2D eigenvalue weighted by Gasteiger charge is 2.31. The zero-order valence-electron chi connectivity index (χ0n) is 23.6. The summed E-state index contributed by atoms with van der Waals surface area (Å²) in [6.45, 7) is 6.37. The van der Waals surface area contributed by atoms with Crippen molar-refractivity contribution in [1.82, 2.24) is 10.3 Å². The highest BCUT2D eigenvalue weighted by Crippen LogP contribution is 2.38. The van der Waals surface area contributed by atoms with Crippen molar-refractivity contribution < 1.29 is 37.0 Å². The smallest absolute Gasteiger partial charge is 0.405 e. The van der Waals surface area contributed by atoms with Gasteiger partial charge in [-0.2, -0.15) is 0 Å². The number of halogens is 2. The minimum atomic E-state index is -1.04. The van der Waals surface area contributed by atoms with Crippen LogP contribution in [-0.2, 0) is 11.3 Å². The molecule has 1 atom stereocenters. The Balaban J connectivity index is 1.69. The van der Waals surface area contributed by atoms with Gasteiger partial charge in [-0.15, -0.1) is 0 Å². The summed E-state index contributed by atoms with van der Waals surface area (Å²) in [6.07, 6.45) is 1.07. The van der Waals surface area contributed by atoms with E-state index in [0.717, 1.165) is 25.0 Å². The molecule has 0 radical (unpaired) electrons. The maximum absolute atomic E-state index is 14.2. The van der Waals surface area contributed by atoms with Gasteiger partial charge >= 0.3 is 6.09 Å². The number of rotatable bonds is 12. The number of oxazole rings is 1. The summed E-state index contributed by atoms with van der Waals surface area (Å²) in [5, 5.41) is 2.59. The fraction of sp³-hybridized carbons (Fsp3) is 0.433. The summed E-state index contributed by atoms with van der Waals surface area (Å²) in [6, 6.07) is 8.17. The number of nitrogens with zero attached hydrogens (tertiary/aromatic N) is 1. The van der Waals surface area contributed by atoms with Gasteiger partial charge in [-0.25, -0.2) is 18.6 Å². The molecule has 1 saturated carbocycles. The van der Waals surface area contributed by atoms with E-state index in [-0.39, 0.29) is 34.9 Å². The molecule has 0 spiro atoms. The number of ether oxygens (including phenoxy) is 3. The van der Waals surface area contributed by atoms with E-state index in [1.54, 1.807) is 18.2 Å². The predicted molar refractivity (Wildman–Crippen MR) is 146 cm³/mol. The van der Waals surface area contributed by atoms with E-state index in [4.69, 9.17) is 24.4 Å². The molecule has 1 aliphatic rings. The molecule has 11 heteroatoms. The standard InChI is InChI=1S/C30H35F2N3O6/c1-30(2,3)12-11-23(40-29(33)37)26-25(27(36)34-15-19-7-9-20(31)14-21(19)32)35-28(41-26)18-8-10-22(38-4)24(13-18)39-16-17-5-6-17/h7-10,13-14,17,23H,5-6,11-12,15-16H2,1-4H3,(H2,33,37)(H,34,36). The highest BCUT2D eigenvalue weighted by atomic mass is 19.1. The molecule has 3 aromatic rings. The Morgan fingerprint density at radius 1 is 1.15 bits per heavy atom. The Morgan fingerprint density at radius 2 is 1.90 bits per heavy atom. The van der Waals surface area contributed by atoms with Crippen LogP contribution in [0.25, 0.3) is 11.5 Å². The molecule has 2 aromatic carbocycles. The van der Waals surface area contributed by atoms with Crippen molar-refractivity contribution in [3.05, 3.63) is 65.1 Å². The average Bonchev–Trinajstić information content (AvgIpc) is 3.64. The van der Waals surface area contributed by atoms with Crippen LogP contribution in [0.15, 0.2) is 40.8 Å². The van der Waals surface area contributed by atoms with Crippen LogP contribution in [0.2, 0.25) is 0 Å². The van der Waals surface area contributed by atoms with Gasteiger partial charge in [-0.05, 0) is 61.3 Å². The van der Waals surface area contributed by atoms with Crippen LogP contribution in [-0.4, -0.2) is 30.7 Å². The van der Waals surface area contributed by atoms with Gasteiger partial charge in [0.1, 0.15) is 11.6 Å². The van der Waals surface area contributed by atoms with Crippen molar-refractivity contribution in [2.45, 2.75) is 59.1 Å². The fourth-order valence-corrected chi connectivity index (χ4v) is 4.12. The van der Waals surface area contributed by atoms with Crippen molar-refractivity contribution in [2.75, 3.05) is 13.7 Å². The second-order valence-electron chi connectivity index (χ2n) is 11.3. The van der Waals surface area contributed by atoms with Gasteiger partial charge in [0.15, 0.2) is 29.1 Å². The van der Waals surface area contributed by atoms with Crippen molar-refractivity contribution in [1.29, 1.82) is 0 Å². The van der Waals surface area contributed by atoms with Gasteiger partial charge in [0, 0.05) is 23.7 Å². The van der Waals surface area contributed by atoms with Crippen LogP contribution >= 0.6 is 0 Å². The topological polar surface area (TPSA) is 126 Å². The maximum atomic E-state index is 14.2. The Morgan fingerprint density at radius 3 is 2.54 bits per heavy atom. The van der Waals surface area contributed by atoms with Gasteiger partial charge in [0.25, 0.3) is 5.91 Å². The fourth-order valence-electron chi connectivity index (χ4n) is 4.12. The number of carbonyl (C=O) groups is 2. The lowest BCUT2D eigenvalue weighted by molar-refractivity contribution is 0.0764. The monoisotopic (exact) mass is 571 g/mol. The summed E-state index contributed by atoms with van der Waals surface area (Å²) in [4.78, 5) is 29.6. The molecule has 220 valence electrons. The summed E-state index contributed by atoms with van der Waals surface area (Å²) in [5.41, 5.74) is 5.66. The van der Waals surface area contributed by atoms with Crippen molar-refractivity contribution in [3.63, 3.8) is 0 Å². The molecule has 2 amide bonds. The number of hydrogen-bond donors (Lipinski definition) is 2. The Kier molecular flexibility index (Phi) is 9.14. The molecule has 1 fully saturated rings. The highest BCUT2D eigenvalue weighted by molar-refractivity contribution is 5.94. The number of nitrogens with two attached hydrogens (primary N) is 1. The summed E-state index contributed by atoms with van der Waals surface area (Å²) in [5.74, 6) is -0.636. The molecule has 0 saturated heterocycles. The zero-order valence-corrected chi connectivity index (χ0v) is 23.6. The van der Waals surface area contributed by atoms with E-state index in [0.29, 0.717) is 42.4 Å². The molecule has 1 aromatic heterocycles. The molecule has 0 bridgehead atoms. The van der Waals surface area contributed by atoms with Crippen molar-refractivity contribution in [2.24, 2.45) is 17.1 Å². The van der Waals surface area contributed by atoms with E-state index in [9.17, 15) is 18.4 Å². The largest absolute Gasteiger partial charge is 0.493 e. The molecule has 3 N–H and O–H groups in total. The Labute approximate surface area is 237 Å². The molecule has 9 nitrogen and oxygen atoms in total. The molecule has 1 aliphatic carbocycles. The molecular weight excluding hydrogens is 536 g/mol. The van der Waals surface area contributed by atoms with E-state index in [2.05, 4.69) is 10.3 Å². The van der Waals surface area contributed by atoms with Gasteiger partial charge in [0.2, 0.25) is 5.89 Å². The van der Waals surface area contributed by atoms with Crippen LogP contribution in [0.1, 0.15) is 74.4 Å². The molecule has 0 aliphatic heterocycles. The molecular formula is C30H35F2N3O6. The third-order valence-electron chi connectivity index (χ3n) is 6.61. The normalized spacial score (nSPS) is 13.9. The van der Waals surface area contributed by atoms with Gasteiger partial charge in [-0.3, -0.25) is 4.79 Å². The third-order valence-corrected chi connectivity index (χ3v) is 6.61. The van der Waals surface area contributed by atoms with E-state index in [1.807, 2.05) is 20.8 Å². The van der Waals surface area contributed by atoms with Crippen LogP contribution < -0.4 is 20.5 Å². The van der Waals surface area contributed by atoms with Crippen LogP contribution in [0.5, 0.6) is 11.5 Å². The number of primary amides is 1. The maximum Gasteiger partial charge on any atom is 0.405 e. The van der Waals surface area contributed by atoms with Gasteiger partial charge in [0.05, 0.1) is 13.7 Å². The van der Waals surface area contributed by atoms with Crippen LogP contribution in [0.3, 0.4) is 0 Å². The average molecular weight is 572 g/mol. The third kappa shape index (κ3) is 8.18. The summed E-state index contributed by atoms with van der Waals surface area (Å²) < 4.78 is 50.4. The number of carbonyl (C=O) groups excluding carboxylic acids is 2. The molecule has 1 unspecified atom stereocenters. The Hall–Kier alpha value is -4.15. The first-order valence-electron chi connectivity index (χ1n) is 13.4. The number of benzene rings is 2. The van der Waals surface area contributed by atoms with E-state index in [1.165, 1.54) is 13.2 Å². The SMILES string of the molecule is COc1ccc(-c2nc(C(=O)NCc3ccc(F)cc3F)c(C(CCC(C)(C)C)OC(N)=O)o2)cc1OCC1CC1. The summed E-state index contributed by atoms with van der Waals surface area (Å²) >= 11 is 0. The quantitative estimate of drug-likeness (QED) is 0.261. The first-order chi connectivity index (χ1) is 19.4. The molecule has 41 heavy (non-hydrogen) atoms. The number of amides is 2. The first-order valence-corrected chi connectivity index (χ1v) is 13.4. The molecule has 4 rings (SSSR count). The van der Waals surface area contributed by atoms with Crippen LogP contribution in [0, 0.1) is 23.0 Å². The zero-order chi connectivity index (χ0) is 29.7. The lowest BCUT2D eigenvalue weighted by Gasteiger charge is -2.22. The second kappa shape index (κ2) is 12.6. The number of nitrogens with one attached hydrogen (secondary N) is 1. The van der Waals surface area contributed by atoms with E-state index < -0.39 is 29.7 Å². The van der Waals surface area contributed by atoms with Gasteiger partial charge < -0.3 is 29.7 Å². The number of aromatic nitrogens is 1. The van der Waals surface area contributed by atoms with Crippen molar-refractivity contribution in [3.8, 4) is 23.0 Å².